The van der Waals surface area contributed by atoms with E-state index >= 15 is 0 Å². The first-order chi connectivity index (χ1) is 9.25. The SMILES string of the molecule is CC(C)(C)c1nc(Br)cc(Nc2ccc(Cl)c(Br)c2)n1. The Morgan fingerprint density at radius 1 is 1.10 bits per heavy atom. The summed E-state index contributed by atoms with van der Waals surface area (Å²) in [5, 5.41) is 3.93. The van der Waals surface area contributed by atoms with Crippen LogP contribution in [0.3, 0.4) is 0 Å². The van der Waals surface area contributed by atoms with E-state index in [0.29, 0.717) is 5.02 Å². The van der Waals surface area contributed by atoms with Gasteiger partial charge in [0, 0.05) is 21.6 Å². The highest BCUT2D eigenvalue weighted by Crippen LogP contribution is 2.28. The lowest BCUT2D eigenvalue weighted by Crippen LogP contribution is -2.16. The number of nitrogens with one attached hydrogen (secondary N) is 1. The average molecular weight is 420 g/mol. The summed E-state index contributed by atoms with van der Waals surface area (Å²) in [5.41, 5.74) is 0.799. The monoisotopic (exact) mass is 417 g/mol. The Morgan fingerprint density at radius 3 is 2.40 bits per heavy atom. The molecule has 0 bridgehead atoms. The standard InChI is InChI=1S/C14H14Br2ClN3/c1-14(2,3)13-19-11(16)7-12(20-13)18-8-4-5-10(17)9(15)6-8/h4-7H,1-3H3,(H,18,19,20). The van der Waals surface area contributed by atoms with Gasteiger partial charge in [0.25, 0.3) is 0 Å². The van der Waals surface area contributed by atoms with E-state index in [1.165, 1.54) is 0 Å². The molecule has 0 saturated carbocycles. The van der Waals surface area contributed by atoms with E-state index in [1.807, 2.05) is 24.3 Å². The van der Waals surface area contributed by atoms with Gasteiger partial charge in [-0.2, -0.15) is 0 Å². The molecule has 0 aliphatic heterocycles. The van der Waals surface area contributed by atoms with E-state index in [4.69, 9.17) is 11.6 Å². The minimum atomic E-state index is -0.110. The normalized spacial score (nSPS) is 11.5. The van der Waals surface area contributed by atoms with Gasteiger partial charge in [-0.05, 0) is 50.1 Å². The van der Waals surface area contributed by atoms with E-state index in [0.717, 1.165) is 26.4 Å². The van der Waals surface area contributed by atoms with Gasteiger partial charge in [0.2, 0.25) is 0 Å². The minimum Gasteiger partial charge on any atom is -0.340 e. The van der Waals surface area contributed by atoms with Crippen LogP contribution in [0.15, 0.2) is 33.3 Å². The van der Waals surface area contributed by atoms with Gasteiger partial charge in [0.05, 0.1) is 5.02 Å². The average Bonchev–Trinajstić information content (AvgIpc) is 2.32. The molecule has 0 amide bonds. The second kappa shape index (κ2) is 6.00. The number of anilines is 2. The largest absolute Gasteiger partial charge is 0.340 e. The first-order valence-electron chi connectivity index (χ1n) is 6.03. The molecule has 2 aromatic rings. The second-order valence-corrected chi connectivity index (χ2v) is 7.48. The molecular weight excluding hydrogens is 405 g/mol. The number of nitrogens with zero attached hydrogens (tertiary/aromatic N) is 2. The van der Waals surface area contributed by atoms with Gasteiger partial charge in [-0.15, -0.1) is 0 Å². The van der Waals surface area contributed by atoms with Crippen LogP contribution in [-0.4, -0.2) is 9.97 Å². The van der Waals surface area contributed by atoms with Crippen LogP contribution in [0, 0.1) is 0 Å². The van der Waals surface area contributed by atoms with E-state index in [2.05, 4.69) is 67.9 Å². The summed E-state index contributed by atoms with van der Waals surface area (Å²) >= 11 is 12.8. The quantitative estimate of drug-likeness (QED) is 0.635. The smallest absolute Gasteiger partial charge is 0.137 e. The summed E-state index contributed by atoms with van der Waals surface area (Å²) in [7, 11) is 0. The molecular formula is C14H14Br2ClN3. The third-order valence-electron chi connectivity index (χ3n) is 2.56. The molecule has 0 atom stereocenters. The highest BCUT2D eigenvalue weighted by molar-refractivity contribution is 9.10. The van der Waals surface area contributed by atoms with Crippen LogP contribution in [0.4, 0.5) is 11.5 Å². The van der Waals surface area contributed by atoms with Crippen molar-refractivity contribution in [3.05, 3.63) is 44.2 Å². The van der Waals surface area contributed by atoms with Crippen molar-refractivity contribution in [3.8, 4) is 0 Å². The highest BCUT2D eigenvalue weighted by Gasteiger charge is 2.18. The van der Waals surface area contributed by atoms with Crippen LogP contribution in [0.5, 0.6) is 0 Å². The molecule has 0 spiro atoms. The molecule has 1 heterocycles. The van der Waals surface area contributed by atoms with E-state index in [1.54, 1.807) is 0 Å². The van der Waals surface area contributed by atoms with Crippen molar-refractivity contribution in [3.63, 3.8) is 0 Å². The van der Waals surface area contributed by atoms with Gasteiger partial charge in [0.1, 0.15) is 16.2 Å². The summed E-state index contributed by atoms with van der Waals surface area (Å²) < 4.78 is 1.60. The summed E-state index contributed by atoms with van der Waals surface area (Å²) in [5.74, 6) is 1.52. The second-order valence-electron chi connectivity index (χ2n) is 5.40. The van der Waals surface area contributed by atoms with Crippen LogP contribution in [-0.2, 0) is 5.41 Å². The zero-order valence-corrected chi connectivity index (χ0v) is 15.3. The third-order valence-corrected chi connectivity index (χ3v) is 4.18. The molecule has 20 heavy (non-hydrogen) atoms. The first kappa shape index (κ1) is 15.7. The molecule has 0 aliphatic carbocycles. The van der Waals surface area contributed by atoms with Gasteiger partial charge in [0.15, 0.2) is 0 Å². The van der Waals surface area contributed by atoms with Crippen LogP contribution < -0.4 is 5.32 Å². The molecule has 1 N–H and O–H groups in total. The summed E-state index contributed by atoms with van der Waals surface area (Å²) in [6, 6.07) is 7.49. The predicted octanol–water partition coefficient (Wildman–Crippen LogP) is 5.70. The molecule has 0 aliphatic rings. The van der Waals surface area contributed by atoms with Crippen molar-refractivity contribution in [1.82, 2.24) is 9.97 Å². The van der Waals surface area contributed by atoms with Crippen LogP contribution in [0.2, 0.25) is 5.02 Å². The molecule has 0 fully saturated rings. The zero-order chi connectivity index (χ0) is 14.9. The lowest BCUT2D eigenvalue weighted by Gasteiger charge is -2.18. The van der Waals surface area contributed by atoms with Crippen molar-refractivity contribution in [2.24, 2.45) is 0 Å². The fraction of sp³-hybridized carbons (Fsp3) is 0.286. The molecule has 6 heteroatoms. The summed E-state index contributed by atoms with van der Waals surface area (Å²) in [6.45, 7) is 6.24. The van der Waals surface area contributed by atoms with Gasteiger partial charge in [-0.25, -0.2) is 9.97 Å². The van der Waals surface area contributed by atoms with Crippen molar-refractivity contribution in [1.29, 1.82) is 0 Å². The number of hydrogen-bond donors (Lipinski definition) is 1. The van der Waals surface area contributed by atoms with E-state index < -0.39 is 0 Å². The van der Waals surface area contributed by atoms with Crippen LogP contribution in [0.1, 0.15) is 26.6 Å². The molecule has 3 nitrogen and oxygen atoms in total. The Bertz CT molecular complexity index is 639. The van der Waals surface area contributed by atoms with E-state index in [-0.39, 0.29) is 5.41 Å². The minimum absolute atomic E-state index is 0.110. The Labute approximate surface area is 140 Å². The molecule has 1 aromatic carbocycles. The highest BCUT2D eigenvalue weighted by atomic mass is 79.9. The molecule has 2 rings (SSSR count). The van der Waals surface area contributed by atoms with E-state index in [9.17, 15) is 0 Å². The molecule has 0 saturated heterocycles. The molecule has 0 radical (unpaired) electrons. The summed E-state index contributed by atoms with van der Waals surface area (Å²) in [4.78, 5) is 8.97. The Kier molecular flexibility index (Phi) is 4.72. The number of benzene rings is 1. The zero-order valence-electron chi connectivity index (χ0n) is 11.3. The maximum Gasteiger partial charge on any atom is 0.137 e. The Balaban J connectivity index is 2.33. The molecule has 106 valence electrons. The predicted molar refractivity (Wildman–Crippen MR) is 90.9 cm³/mol. The van der Waals surface area contributed by atoms with Crippen molar-refractivity contribution < 1.29 is 0 Å². The number of aromatic nitrogens is 2. The number of hydrogen-bond acceptors (Lipinski definition) is 3. The molecule has 1 aromatic heterocycles. The first-order valence-corrected chi connectivity index (χ1v) is 7.99. The maximum absolute atomic E-state index is 5.99. The van der Waals surface area contributed by atoms with Gasteiger partial charge >= 0.3 is 0 Å². The lowest BCUT2D eigenvalue weighted by atomic mass is 9.96. The number of halogens is 3. The summed E-state index contributed by atoms with van der Waals surface area (Å²) in [6.07, 6.45) is 0. The van der Waals surface area contributed by atoms with Crippen LogP contribution >= 0.6 is 43.5 Å². The van der Waals surface area contributed by atoms with Crippen molar-refractivity contribution >= 4 is 55.0 Å². The Morgan fingerprint density at radius 2 is 1.80 bits per heavy atom. The maximum atomic E-state index is 5.99. The topological polar surface area (TPSA) is 37.8 Å². The fourth-order valence-corrected chi connectivity index (χ4v) is 2.42. The lowest BCUT2D eigenvalue weighted by molar-refractivity contribution is 0.544. The Hall–Kier alpha value is -0.650. The fourth-order valence-electron chi connectivity index (χ4n) is 1.54. The third kappa shape index (κ3) is 3.93. The van der Waals surface area contributed by atoms with Gasteiger partial charge < -0.3 is 5.32 Å². The number of rotatable bonds is 2. The van der Waals surface area contributed by atoms with Crippen LogP contribution in [0.25, 0.3) is 0 Å². The van der Waals surface area contributed by atoms with Gasteiger partial charge in [-0.3, -0.25) is 0 Å². The molecule has 0 unspecified atom stereocenters. The van der Waals surface area contributed by atoms with Crippen molar-refractivity contribution in [2.45, 2.75) is 26.2 Å². The van der Waals surface area contributed by atoms with Gasteiger partial charge in [-0.1, -0.05) is 32.4 Å². The van der Waals surface area contributed by atoms with Crippen molar-refractivity contribution in [2.75, 3.05) is 5.32 Å².